The molecular formula is C25H26ClN7O3. The molecule has 36 heavy (non-hydrogen) atoms. The zero-order chi connectivity index (χ0) is 25.3. The van der Waals surface area contributed by atoms with E-state index < -0.39 is 0 Å². The summed E-state index contributed by atoms with van der Waals surface area (Å²) >= 11 is 6.30. The van der Waals surface area contributed by atoms with Crippen molar-refractivity contribution in [1.82, 2.24) is 14.9 Å². The minimum absolute atomic E-state index is 0.0704. The van der Waals surface area contributed by atoms with Crippen molar-refractivity contribution >= 4 is 57.9 Å². The summed E-state index contributed by atoms with van der Waals surface area (Å²) in [6.45, 7) is 6.61. The van der Waals surface area contributed by atoms with Gasteiger partial charge in [0, 0.05) is 24.5 Å². The van der Waals surface area contributed by atoms with Crippen molar-refractivity contribution in [3.05, 3.63) is 72.4 Å². The van der Waals surface area contributed by atoms with E-state index in [4.69, 9.17) is 16.3 Å². The Morgan fingerprint density at radius 3 is 2.42 bits per heavy atom. The predicted molar refractivity (Wildman–Crippen MR) is 141 cm³/mol. The maximum atomic E-state index is 12.3. The maximum absolute atomic E-state index is 12.3. The monoisotopic (exact) mass is 507 g/mol. The quantitative estimate of drug-likeness (QED) is 0.321. The largest absolute Gasteiger partial charge is 0.379 e. The van der Waals surface area contributed by atoms with Crippen LogP contribution in [0.4, 0.5) is 34.5 Å². The first-order valence-electron chi connectivity index (χ1n) is 11.3. The number of halogens is 1. The highest BCUT2D eigenvalue weighted by atomic mass is 35.5. The standard InChI is InChI=1S/C25H26ClN7O3/c1-2-22(34)30-20-5-3-4-6-21(20)31-24-19(26)15-27-25(32-24)29-18-9-7-17(8-10-18)28-23(35)16-33-11-13-36-14-12-33/h2-10,15H,1,11-14,16H2,(H,28,35)(H,30,34)(H2,27,29,31,32). The zero-order valence-electron chi connectivity index (χ0n) is 19.5. The van der Waals surface area contributed by atoms with E-state index in [1.165, 1.54) is 12.3 Å². The summed E-state index contributed by atoms with van der Waals surface area (Å²) in [5.74, 6) is 0.278. The molecule has 2 aromatic carbocycles. The van der Waals surface area contributed by atoms with Gasteiger partial charge in [0.15, 0.2) is 5.82 Å². The van der Waals surface area contributed by atoms with Crippen LogP contribution in [0.15, 0.2) is 67.4 Å². The number of hydrogen-bond acceptors (Lipinski definition) is 8. The van der Waals surface area contributed by atoms with Crippen LogP contribution in [0.1, 0.15) is 0 Å². The van der Waals surface area contributed by atoms with Crippen molar-refractivity contribution in [1.29, 1.82) is 0 Å². The average Bonchev–Trinajstić information content (AvgIpc) is 2.89. The topological polar surface area (TPSA) is 121 Å². The molecule has 2 heterocycles. The van der Waals surface area contributed by atoms with E-state index >= 15 is 0 Å². The lowest BCUT2D eigenvalue weighted by atomic mass is 10.2. The van der Waals surface area contributed by atoms with Crippen molar-refractivity contribution in [3.63, 3.8) is 0 Å². The average molecular weight is 508 g/mol. The summed E-state index contributed by atoms with van der Waals surface area (Å²) in [6.07, 6.45) is 2.67. The second-order valence-electron chi connectivity index (χ2n) is 7.89. The molecular weight excluding hydrogens is 482 g/mol. The van der Waals surface area contributed by atoms with Crippen LogP contribution >= 0.6 is 11.6 Å². The molecule has 0 spiro atoms. The van der Waals surface area contributed by atoms with Crippen molar-refractivity contribution in [2.75, 3.05) is 54.1 Å². The van der Waals surface area contributed by atoms with Crippen molar-refractivity contribution in [2.45, 2.75) is 0 Å². The zero-order valence-corrected chi connectivity index (χ0v) is 20.2. The number of aromatic nitrogens is 2. The molecule has 11 heteroatoms. The van der Waals surface area contributed by atoms with Gasteiger partial charge in [-0.2, -0.15) is 4.98 Å². The molecule has 0 bridgehead atoms. The number of ether oxygens (including phenoxy) is 1. The molecule has 3 aromatic rings. The molecule has 0 unspecified atom stereocenters. The van der Waals surface area contributed by atoms with Crippen molar-refractivity contribution in [2.24, 2.45) is 0 Å². The molecule has 4 rings (SSSR count). The number of rotatable bonds is 9. The molecule has 2 amide bonds. The molecule has 0 atom stereocenters. The second kappa shape index (κ2) is 12.1. The van der Waals surface area contributed by atoms with Crippen LogP contribution in [0.5, 0.6) is 0 Å². The van der Waals surface area contributed by atoms with Gasteiger partial charge in [0.2, 0.25) is 17.8 Å². The van der Waals surface area contributed by atoms with E-state index in [1.54, 1.807) is 30.3 Å². The van der Waals surface area contributed by atoms with Gasteiger partial charge in [-0.05, 0) is 42.5 Å². The van der Waals surface area contributed by atoms with Gasteiger partial charge in [-0.3, -0.25) is 14.5 Å². The fraction of sp³-hybridized carbons (Fsp3) is 0.200. The highest BCUT2D eigenvalue weighted by molar-refractivity contribution is 6.33. The number of para-hydroxylation sites is 2. The number of hydrogen-bond donors (Lipinski definition) is 4. The van der Waals surface area contributed by atoms with Crippen LogP contribution in [0.3, 0.4) is 0 Å². The van der Waals surface area contributed by atoms with E-state index in [0.717, 1.165) is 18.8 Å². The molecule has 4 N–H and O–H groups in total. The van der Waals surface area contributed by atoms with E-state index in [2.05, 4.69) is 42.7 Å². The molecule has 0 saturated carbocycles. The van der Waals surface area contributed by atoms with Crippen molar-refractivity contribution < 1.29 is 14.3 Å². The van der Waals surface area contributed by atoms with Crippen LogP contribution in [-0.4, -0.2) is 59.5 Å². The molecule has 186 valence electrons. The predicted octanol–water partition coefficient (Wildman–Crippen LogP) is 4.01. The highest BCUT2D eigenvalue weighted by Crippen LogP contribution is 2.29. The fourth-order valence-corrected chi connectivity index (χ4v) is 3.59. The highest BCUT2D eigenvalue weighted by Gasteiger charge is 2.14. The number of carbonyl (C=O) groups is 2. The number of nitrogens with one attached hydrogen (secondary N) is 4. The maximum Gasteiger partial charge on any atom is 0.247 e. The molecule has 1 aliphatic heterocycles. The van der Waals surface area contributed by atoms with Gasteiger partial charge in [0.05, 0.1) is 37.3 Å². The molecule has 1 saturated heterocycles. The summed E-state index contributed by atoms with van der Waals surface area (Å²) in [5, 5.41) is 12.2. The summed E-state index contributed by atoms with van der Waals surface area (Å²) in [6, 6.07) is 14.4. The minimum Gasteiger partial charge on any atom is -0.379 e. The molecule has 0 aliphatic carbocycles. The minimum atomic E-state index is -0.332. The molecule has 1 aromatic heterocycles. The lowest BCUT2D eigenvalue weighted by Gasteiger charge is -2.25. The molecule has 1 aliphatic rings. The van der Waals surface area contributed by atoms with E-state index in [1.807, 2.05) is 18.2 Å². The smallest absolute Gasteiger partial charge is 0.247 e. The van der Waals surface area contributed by atoms with Crippen LogP contribution < -0.4 is 21.3 Å². The third kappa shape index (κ3) is 7.01. The van der Waals surface area contributed by atoms with Crippen molar-refractivity contribution in [3.8, 4) is 0 Å². The summed E-state index contributed by atoms with van der Waals surface area (Å²) < 4.78 is 5.31. The van der Waals surface area contributed by atoms with E-state index in [9.17, 15) is 9.59 Å². The Bertz CT molecular complexity index is 1230. The van der Waals surface area contributed by atoms with Crippen LogP contribution in [-0.2, 0) is 14.3 Å². The van der Waals surface area contributed by atoms with Gasteiger partial charge in [-0.15, -0.1) is 0 Å². The lowest BCUT2D eigenvalue weighted by molar-refractivity contribution is -0.118. The normalized spacial score (nSPS) is 13.5. The van der Waals surface area contributed by atoms with Gasteiger partial charge < -0.3 is 26.0 Å². The third-order valence-electron chi connectivity index (χ3n) is 5.26. The van der Waals surface area contributed by atoms with E-state index in [0.29, 0.717) is 53.6 Å². The lowest BCUT2D eigenvalue weighted by Crippen LogP contribution is -2.41. The second-order valence-corrected chi connectivity index (χ2v) is 8.30. The number of benzene rings is 2. The Morgan fingerprint density at radius 1 is 1.00 bits per heavy atom. The first-order chi connectivity index (χ1) is 17.5. The van der Waals surface area contributed by atoms with Crippen LogP contribution in [0.2, 0.25) is 5.02 Å². The molecule has 0 radical (unpaired) electrons. The van der Waals surface area contributed by atoms with Gasteiger partial charge >= 0.3 is 0 Å². The summed E-state index contributed by atoms with van der Waals surface area (Å²) in [5.41, 5.74) is 2.58. The Hall–Kier alpha value is -3.99. The van der Waals surface area contributed by atoms with Gasteiger partial charge in [0.25, 0.3) is 0 Å². The van der Waals surface area contributed by atoms with Gasteiger partial charge in [-0.25, -0.2) is 4.98 Å². The van der Waals surface area contributed by atoms with Crippen LogP contribution in [0, 0.1) is 0 Å². The molecule has 10 nitrogen and oxygen atoms in total. The van der Waals surface area contributed by atoms with Crippen LogP contribution in [0.25, 0.3) is 0 Å². The number of amides is 2. The Balaban J connectivity index is 1.39. The SMILES string of the molecule is C=CC(=O)Nc1ccccc1Nc1nc(Nc2ccc(NC(=O)CN3CCOCC3)cc2)ncc1Cl. The Labute approximate surface area is 213 Å². The molecule has 1 fully saturated rings. The third-order valence-corrected chi connectivity index (χ3v) is 5.54. The summed E-state index contributed by atoms with van der Waals surface area (Å²) in [7, 11) is 0. The Morgan fingerprint density at radius 2 is 1.69 bits per heavy atom. The number of morpholine rings is 1. The summed E-state index contributed by atoms with van der Waals surface area (Å²) in [4.78, 5) is 34.8. The fourth-order valence-electron chi connectivity index (χ4n) is 3.46. The number of nitrogens with zero attached hydrogens (tertiary/aromatic N) is 3. The van der Waals surface area contributed by atoms with Gasteiger partial charge in [0.1, 0.15) is 5.02 Å². The van der Waals surface area contributed by atoms with E-state index in [-0.39, 0.29) is 11.8 Å². The van der Waals surface area contributed by atoms with Gasteiger partial charge in [-0.1, -0.05) is 30.3 Å². The first-order valence-corrected chi connectivity index (χ1v) is 11.7. The number of carbonyl (C=O) groups excluding carboxylic acids is 2. The number of anilines is 6. The first kappa shape index (κ1) is 25.1. The Kier molecular flexibility index (Phi) is 8.45.